The Morgan fingerprint density at radius 2 is 1.91 bits per heavy atom. The van der Waals surface area contributed by atoms with E-state index in [2.05, 4.69) is 40.7 Å². The van der Waals surface area contributed by atoms with E-state index in [1.807, 2.05) is 0 Å². The molecule has 1 aliphatic heterocycles. The van der Waals surface area contributed by atoms with Crippen molar-refractivity contribution in [3.05, 3.63) is 52.6 Å². The summed E-state index contributed by atoms with van der Waals surface area (Å²) in [5.41, 5.74) is 3.01. The Bertz CT molecular complexity index is 1170. The summed E-state index contributed by atoms with van der Waals surface area (Å²) in [6.45, 7) is 0.291. The summed E-state index contributed by atoms with van der Waals surface area (Å²) < 4.78 is 35.1. The number of nitrogens with one attached hydrogen (secondary N) is 4. The van der Waals surface area contributed by atoms with Crippen molar-refractivity contribution in [3.63, 3.8) is 0 Å². The van der Waals surface area contributed by atoms with E-state index in [-0.39, 0.29) is 23.2 Å². The van der Waals surface area contributed by atoms with Crippen LogP contribution in [0, 0.1) is 0 Å². The van der Waals surface area contributed by atoms with Crippen molar-refractivity contribution in [3.8, 4) is 11.5 Å². The molecule has 3 aromatic rings. The van der Waals surface area contributed by atoms with Crippen molar-refractivity contribution in [2.75, 3.05) is 23.0 Å². The average Bonchev–Trinajstić information content (AvgIpc) is 3.34. The molecule has 0 radical (unpaired) electrons. The number of fused-ring (bicyclic) bond motifs is 1. The van der Waals surface area contributed by atoms with Crippen LogP contribution in [-0.4, -0.2) is 35.2 Å². The molecule has 3 heterocycles. The number of ether oxygens (including phenoxy) is 2. The van der Waals surface area contributed by atoms with Crippen molar-refractivity contribution in [2.45, 2.75) is 12.8 Å². The van der Waals surface area contributed by atoms with Crippen LogP contribution >= 0.6 is 11.3 Å². The second-order valence-electron chi connectivity index (χ2n) is 6.45. The number of benzene rings is 1. The molecule has 2 aromatic heterocycles. The summed E-state index contributed by atoms with van der Waals surface area (Å²) in [6.07, 6.45) is -0.625. The topological polar surface area (TPSA) is 126 Å². The van der Waals surface area contributed by atoms with Crippen LogP contribution in [0.15, 0.2) is 42.2 Å². The zero-order chi connectivity index (χ0) is 22.7. The molecule has 0 fully saturated rings. The smallest absolute Gasteiger partial charge is 0.395 e. The second-order valence-corrected chi connectivity index (χ2v) is 7.31. The van der Waals surface area contributed by atoms with E-state index in [0.29, 0.717) is 22.9 Å². The highest BCUT2D eigenvalue weighted by Crippen LogP contribution is 2.42. The molecule has 0 saturated heterocycles. The van der Waals surface area contributed by atoms with Gasteiger partial charge in [-0.2, -0.15) is 0 Å². The molecule has 13 heteroatoms. The van der Waals surface area contributed by atoms with Gasteiger partial charge in [0.25, 0.3) is 5.91 Å². The molecule has 0 aliphatic carbocycles. The predicted octanol–water partition coefficient (Wildman–Crippen LogP) is 3.48. The third-order valence-corrected chi connectivity index (χ3v) is 5.00. The Morgan fingerprint density at radius 1 is 1.09 bits per heavy atom. The van der Waals surface area contributed by atoms with Crippen molar-refractivity contribution < 1.29 is 27.8 Å². The maximum absolute atomic E-state index is 13.2. The number of rotatable bonds is 6. The van der Waals surface area contributed by atoms with E-state index in [9.17, 15) is 18.4 Å². The summed E-state index contributed by atoms with van der Waals surface area (Å²) in [5.74, 6) is -0.429. The first-order valence-electron chi connectivity index (χ1n) is 9.14. The van der Waals surface area contributed by atoms with Crippen LogP contribution < -0.4 is 30.7 Å². The minimum atomic E-state index is -3.73. The molecular weight excluding hydrogens is 446 g/mol. The van der Waals surface area contributed by atoms with Gasteiger partial charge in [0, 0.05) is 31.5 Å². The molecule has 32 heavy (non-hydrogen) atoms. The third-order valence-electron chi connectivity index (χ3n) is 4.17. The summed E-state index contributed by atoms with van der Waals surface area (Å²) in [5, 5.41) is 10.7. The van der Waals surface area contributed by atoms with Gasteiger partial charge in [-0.1, -0.05) is 0 Å². The largest absolute Gasteiger partial charge is 0.586 e. The molecule has 4 rings (SSSR count). The lowest BCUT2D eigenvalue weighted by molar-refractivity contribution is -0.286. The normalized spacial score (nSPS) is 13.3. The van der Waals surface area contributed by atoms with Crippen molar-refractivity contribution >= 4 is 40.5 Å². The van der Waals surface area contributed by atoms with Gasteiger partial charge >= 0.3 is 12.3 Å². The molecule has 0 bridgehead atoms. The van der Waals surface area contributed by atoms with E-state index in [4.69, 9.17) is 0 Å². The predicted molar refractivity (Wildman–Crippen MR) is 112 cm³/mol. The average molecular weight is 462 g/mol. The fourth-order valence-corrected chi connectivity index (χ4v) is 3.44. The first-order chi connectivity index (χ1) is 15.3. The third kappa shape index (κ3) is 4.83. The first-order valence-corrected chi connectivity index (χ1v) is 10.0. The Hall–Kier alpha value is -4.00. The molecule has 166 valence electrons. The minimum Gasteiger partial charge on any atom is -0.395 e. The van der Waals surface area contributed by atoms with Crippen LogP contribution in [-0.2, 0) is 6.54 Å². The number of hydrogen-bond acceptors (Lipinski definition) is 8. The summed E-state index contributed by atoms with van der Waals surface area (Å²) in [7, 11) is 1.50. The van der Waals surface area contributed by atoms with Gasteiger partial charge in [0.2, 0.25) is 0 Å². The lowest BCUT2D eigenvalue weighted by Crippen LogP contribution is -2.25. The summed E-state index contributed by atoms with van der Waals surface area (Å²) in [6, 6.07) is 5.31. The molecule has 3 amide bonds. The molecule has 1 aromatic carbocycles. The molecule has 0 unspecified atom stereocenters. The van der Waals surface area contributed by atoms with Gasteiger partial charge in [-0.3, -0.25) is 9.78 Å². The number of anilines is 3. The number of urea groups is 1. The monoisotopic (exact) mass is 462 g/mol. The number of amides is 3. The van der Waals surface area contributed by atoms with Gasteiger partial charge in [0.1, 0.15) is 10.7 Å². The van der Waals surface area contributed by atoms with Crippen LogP contribution in [0.3, 0.4) is 0 Å². The zero-order valence-electron chi connectivity index (χ0n) is 16.4. The first kappa shape index (κ1) is 21.2. The number of halogens is 2. The number of alkyl halides is 2. The summed E-state index contributed by atoms with van der Waals surface area (Å²) >= 11 is 1.11. The number of hydrogen-bond donors (Lipinski definition) is 4. The van der Waals surface area contributed by atoms with E-state index >= 15 is 0 Å². The van der Waals surface area contributed by atoms with Crippen LogP contribution in [0.5, 0.6) is 11.5 Å². The van der Waals surface area contributed by atoms with Crippen LogP contribution in [0.4, 0.5) is 30.8 Å². The highest BCUT2D eigenvalue weighted by atomic mass is 32.1. The highest BCUT2D eigenvalue weighted by molar-refractivity contribution is 7.12. The molecule has 1 aliphatic rings. The Balaban J connectivity index is 1.40. The second kappa shape index (κ2) is 8.63. The zero-order valence-corrected chi connectivity index (χ0v) is 17.3. The molecule has 0 atom stereocenters. The number of pyridine rings is 1. The SMILES string of the molecule is CNC(=O)Nc1cncc(CNc2ncsc2C(=O)Nc2ccc3c(c2)OC(F)(F)O3)c1. The van der Waals surface area contributed by atoms with E-state index < -0.39 is 12.2 Å². The van der Waals surface area contributed by atoms with E-state index in [1.165, 1.54) is 37.0 Å². The van der Waals surface area contributed by atoms with Crippen LogP contribution in [0.1, 0.15) is 15.2 Å². The van der Waals surface area contributed by atoms with Gasteiger partial charge in [-0.05, 0) is 23.8 Å². The molecule has 4 N–H and O–H groups in total. The quantitative estimate of drug-likeness (QED) is 0.442. The van der Waals surface area contributed by atoms with Gasteiger partial charge in [-0.15, -0.1) is 20.1 Å². The number of thiazole rings is 1. The van der Waals surface area contributed by atoms with E-state index in [1.54, 1.807) is 12.3 Å². The Kier molecular flexibility index (Phi) is 5.73. The molecular formula is C19H16F2N6O4S. The van der Waals surface area contributed by atoms with Crippen molar-refractivity contribution in [1.82, 2.24) is 15.3 Å². The molecule has 10 nitrogen and oxygen atoms in total. The van der Waals surface area contributed by atoms with Crippen molar-refractivity contribution in [1.29, 1.82) is 0 Å². The van der Waals surface area contributed by atoms with Gasteiger partial charge in [0.05, 0.1) is 17.4 Å². The number of aromatic nitrogens is 2. The van der Waals surface area contributed by atoms with Gasteiger partial charge in [-0.25, -0.2) is 9.78 Å². The standard InChI is InChI=1S/C19H16F2N6O4S/c1-22-18(29)27-12-4-10(6-23-8-12)7-24-16-15(32-9-25-16)17(28)26-11-2-3-13-14(5-11)31-19(20,21)30-13/h2-6,8-9,24H,7H2,1H3,(H,26,28)(H2,22,27,29). The molecule has 0 spiro atoms. The number of nitrogens with zero attached hydrogens (tertiary/aromatic N) is 2. The van der Waals surface area contributed by atoms with Gasteiger partial charge < -0.3 is 30.7 Å². The van der Waals surface area contributed by atoms with Crippen molar-refractivity contribution in [2.24, 2.45) is 0 Å². The summed E-state index contributed by atoms with van der Waals surface area (Å²) in [4.78, 5) is 32.6. The number of carbonyl (C=O) groups excluding carboxylic acids is 2. The Labute approximate surface area is 184 Å². The van der Waals surface area contributed by atoms with Gasteiger partial charge in [0.15, 0.2) is 11.5 Å². The van der Waals surface area contributed by atoms with Crippen LogP contribution in [0.25, 0.3) is 0 Å². The number of carbonyl (C=O) groups is 2. The van der Waals surface area contributed by atoms with Crippen LogP contribution in [0.2, 0.25) is 0 Å². The highest BCUT2D eigenvalue weighted by Gasteiger charge is 2.43. The maximum Gasteiger partial charge on any atom is 0.586 e. The lowest BCUT2D eigenvalue weighted by Gasteiger charge is -2.09. The Morgan fingerprint density at radius 3 is 2.72 bits per heavy atom. The minimum absolute atomic E-state index is 0.116. The fraction of sp³-hybridized carbons (Fsp3) is 0.158. The fourth-order valence-electron chi connectivity index (χ4n) is 2.78. The maximum atomic E-state index is 13.2. The van der Waals surface area contributed by atoms with E-state index in [0.717, 1.165) is 16.9 Å². The molecule has 0 saturated carbocycles. The lowest BCUT2D eigenvalue weighted by atomic mass is 10.2.